The molecule has 0 fully saturated rings. The van der Waals surface area contributed by atoms with Gasteiger partial charge in [0.15, 0.2) is 0 Å². The Kier molecular flexibility index (Phi) is 5.11. The first-order valence-electron chi connectivity index (χ1n) is 8.01. The molecule has 0 saturated carbocycles. The average molecular weight is 382 g/mol. The topological polar surface area (TPSA) is 64.6 Å². The number of hydrogen-bond donors (Lipinski definition) is 1. The van der Waals surface area contributed by atoms with Crippen molar-refractivity contribution in [2.75, 3.05) is 18.9 Å². The first-order valence-corrected chi connectivity index (χ1v) is 9.87. The number of aryl methyl sites for hydroxylation is 2. The van der Waals surface area contributed by atoms with Crippen molar-refractivity contribution in [3.05, 3.63) is 46.5 Å². The quantitative estimate of drug-likeness (QED) is 0.848. The average Bonchev–Trinajstić information content (AvgIpc) is 2.60. The maximum Gasteiger partial charge on any atom is 0.265 e. The number of anilines is 1. The molecule has 0 spiro atoms. The number of fused-ring (bicyclic) bond motifs is 1. The molecule has 25 heavy (non-hydrogen) atoms. The van der Waals surface area contributed by atoms with Crippen molar-refractivity contribution < 1.29 is 17.9 Å². The Hall–Kier alpha value is -1.92. The van der Waals surface area contributed by atoms with Crippen LogP contribution in [0.3, 0.4) is 0 Å². The molecule has 1 aliphatic rings. The summed E-state index contributed by atoms with van der Waals surface area (Å²) < 4.78 is 39.0. The van der Waals surface area contributed by atoms with Gasteiger partial charge in [-0.05, 0) is 67.1 Å². The molecule has 0 saturated heterocycles. The maximum absolute atomic E-state index is 13.0. The van der Waals surface area contributed by atoms with Crippen LogP contribution in [0.15, 0.2) is 35.2 Å². The molecule has 0 atom stereocenters. The van der Waals surface area contributed by atoms with Crippen molar-refractivity contribution >= 4 is 27.3 Å². The van der Waals surface area contributed by atoms with Crippen LogP contribution in [-0.2, 0) is 22.9 Å². The van der Waals surface area contributed by atoms with Crippen molar-refractivity contribution in [3.8, 4) is 11.5 Å². The van der Waals surface area contributed by atoms with Crippen LogP contribution in [0.2, 0.25) is 5.02 Å². The lowest BCUT2D eigenvalue weighted by Crippen LogP contribution is -2.16. The monoisotopic (exact) mass is 381 g/mol. The van der Waals surface area contributed by atoms with Crippen LogP contribution >= 0.6 is 11.6 Å². The molecule has 7 heteroatoms. The number of sulfonamides is 1. The molecule has 0 bridgehead atoms. The molecule has 5 nitrogen and oxygen atoms in total. The molecule has 2 aromatic rings. The van der Waals surface area contributed by atoms with Crippen LogP contribution in [0.4, 0.5) is 5.69 Å². The highest BCUT2D eigenvalue weighted by atomic mass is 35.5. The van der Waals surface area contributed by atoms with E-state index in [9.17, 15) is 8.42 Å². The second-order valence-corrected chi connectivity index (χ2v) is 8.02. The van der Waals surface area contributed by atoms with Gasteiger partial charge in [-0.2, -0.15) is 0 Å². The molecule has 0 aliphatic heterocycles. The van der Waals surface area contributed by atoms with E-state index >= 15 is 0 Å². The third-order valence-corrected chi connectivity index (χ3v) is 5.95. The van der Waals surface area contributed by atoms with Crippen molar-refractivity contribution in [2.45, 2.75) is 30.6 Å². The van der Waals surface area contributed by atoms with Gasteiger partial charge in [-0.1, -0.05) is 11.6 Å². The molecule has 0 unspecified atom stereocenters. The van der Waals surface area contributed by atoms with Crippen molar-refractivity contribution in [3.63, 3.8) is 0 Å². The fourth-order valence-corrected chi connectivity index (χ4v) is 4.51. The van der Waals surface area contributed by atoms with Gasteiger partial charge in [-0.15, -0.1) is 0 Å². The van der Waals surface area contributed by atoms with Gasteiger partial charge in [-0.25, -0.2) is 8.42 Å². The van der Waals surface area contributed by atoms with Gasteiger partial charge in [0.2, 0.25) is 0 Å². The van der Waals surface area contributed by atoms with Crippen LogP contribution < -0.4 is 14.2 Å². The molecular weight excluding hydrogens is 362 g/mol. The Morgan fingerprint density at radius 2 is 1.60 bits per heavy atom. The van der Waals surface area contributed by atoms with Gasteiger partial charge in [0, 0.05) is 5.02 Å². The minimum absolute atomic E-state index is 0.123. The predicted molar refractivity (Wildman–Crippen MR) is 98.4 cm³/mol. The van der Waals surface area contributed by atoms with E-state index in [1.165, 1.54) is 20.3 Å². The molecule has 134 valence electrons. The zero-order valence-corrected chi connectivity index (χ0v) is 15.7. The lowest BCUT2D eigenvalue weighted by Gasteiger charge is -2.20. The van der Waals surface area contributed by atoms with Gasteiger partial charge in [0.05, 0.1) is 19.9 Å². The highest BCUT2D eigenvalue weighted by Gasteiger charge is 2.24. The zero-order chi connectivity index (χ0) is 18.0. The normalized spacial score (nSPS) is 13.9. The first-order chi connectivity index (χ1) is 11.9. The van der Waals surface area contributed by atoms with E-state index in [-0.39, 0.29) is 10.6 Å². The summed E-state index contributed by atoms with van der Waals surface area (Å²) in [4.78, 5) is 0.123. The zero-order valence-electron chi connectivity index (χ0n) is 14.1. The van der Waals surface area contributed by atoms with Crippen LogP contribution in [0.5, 0.6) is 11.5 Å². The molecule has 1 aliphatic carbocycles. The summed E-state index contributed by atoms with van der Waals surface area (Å²) >= 11 is 5.99. The fraction of sp³-hybridized carbons (Fsp3) is 0.333. The van der Waals surface area contributed by atoms with E-state index in [4.69, 9.17) is 21.1 Å². The van der Waals surface area contributed by atoms with E-state index in [0.717, 1.165) is 36.8 Å². The van der Waals surface area contributed by atoms with Crippen molar-refractivity contribution in [2.24, 2.45) is 0 Å². The number of hydrogen-bond acceptors (Lipinski definition) is 4. The molecule has 0 aromatic heterocycles. The van der Waals surface area contributed by atoms with Gasteiger partial charge >= 0.3 is 0 Å². The third kappa shape index (κ3) is 3.70. The summed E-state index contributed by atoms with van der Waals surface area (Å²) in [7, 11) is -0.904. The van der Waals surface area contributed by atoms with E-state index in [1.54, 1.807) is 18.2 Å². The van der Waals surface area contributed by atoms with Crippen LogP contribution in [0.25, 0.3) is 0 Å². The second kappa shape index (κ2) is 7.14. The third-order valence-electron chi connectivity index (χ3n) is 4.32. The van der Waals surface area contributed by atoms with E-state index in [0.29, 0.717) is 16.5 Å². The summed E-state index contributed by atoms with van der Waals surface area (Å²) in [6.45, 7) is 0. The standard InChI is InChI=1S/C18H20ClNO4S/c1-23-16-8-7-14(19)11-15(16)20-25(21,22)18-10-13-6-4-3-5-12(13)9-17(18)24-2/h7-11,20H,3-6H2,1-2H3. The summed E-state index contributed by atoms with van der Waals surface area (Å²) in [6, 6.07) is 8.32. The Bertz CT molecular complexity index is 896. The largest absolute Gasteiger partial charge is 0.495 e. The van der Waals surface area contributed by atoms with E-state index in [2.05, 4.69) is 4.72 Å². The van der Waals surface area contributed by atoms with Crippen LogP contribution in [0.1, 0.15) is 24.0 Å². The smallest absolute Gasteiger partial charge is 0.265 e. The van der Waals surface area contributed by atoms with Gasteiger partial charge in [-0.3, -0.25) is 4.72 Å². The van der Waals surface area contributed by atoms with Gasteiger partial charge in [0.1, 0.15) is 16.4 Å². The minimum atomic E-state index is -3.85. The minimum Gasteiger partial charge on any atom is -0.495 e. The summed E-state index contributed by atoms with van der Waals surface area (Å²) in [5.74, 6) is 0.735. The van der Waals surface area contributed by atoms with Gasteiger partial charge < -0.3 is 9.47 Å². The number of nitrogens with one attached hydrogen (secondary N) is 1. The van der Waals surface area contributed by atoms with Crippen molar-refractivity contribution in [1.29, 1.82) is 0 Å². The molecular formula is C18H20ClNO4S. The molecule has 0 amide bonds. The molecule has 0 heterocycles. The van der Waals surface area contributed by atoms with Gasteiger partial charge in [0.25, 0.3) is 10.0 Å². The number of rotatable bonds is 5. The predicted octanol–water partition coefficient (Wildman–Crippen LogP) is 4.04. The summed E-state index contributed by atoms with van der Waals surface area (Å²) in [5.41, 5.74) is 2.50. The van der Waals surface area contributed by atoms with E-state index < -0.39 is 10.0 Å². The Morgan fingerprint density at radius 1 is 0.960 bits per heavy atom. The summed E-state index contributed by atoms with van der Waals surface area (Å²) in [5, 5.41) is 0.413. The van der Waals surface area contributed by atoms with Crippen molar-refractivity contribution in [1.82, 2.24) is 0 Å². The van der Waals surface area contributed by atoms with E-state index in [1.807, 2.05) is 6.07 Å². The van der Waals surface area contributed by atoms with Crippen LogP contribution in [-0.4, -0.2) is 22.6 Å². The summed E-state index contributed by atoms with van der Waals surface area (Å²) in [6.07, 6.45) is 4.00. The Labute approximate surface area is 153 Å². The molecule has 2 aromatic carbocycles. The number of ether oxygens (including phenoxy) is 2. The molecule has 1 N–H and O–H groups in total. The number of methoxy groups -OCH3 is 2. The Morgan fingerprint density at radius 3 is 2.24 bits per heavy atom. The highest BCUT2D eigenvalue weighted by molar-refractivity contribution is 7.92. The molecule has 3 rings (SSSR count). The number of benzene rings is 2. The highest BCUT2D eigenvalue weighted by Crippen LogP contribution is 2.35. The Balaban J connectivity index is 2.04. The second-order valence-electron chi connectivity index (χ2n) is 5.93. The number of halogens is 1. The lowest BCUT2D eigenvalue weighted by atomic mass is 9.92. The molecule has 0 radical (unpaired) electrons. The first kappa shape index (κ1) is 17.9. The lowest BCUT2D eigenvalue weighted by molar-refractivity contribution is 0.401. The maximum atomic E-state index is 13.0. The van der Waals surface area contributed by atoms with Crippen LogP contribution in [0, 0.1) is 0 Å². The fourth-order valence-electron chi connectivity index (χ4n) is 3.07. The SMILES string of the molecule is COc1ccc(Cl)cc1NS(=O)(=O)c1cc2c(cc1OC)CCCC2.